The van der Waals surface area contributed by atoms with Gasteiger partial charge in [0.1, 0.15) is 5.75 Å². The van der Waals surface area contributed by atoms with Crippen molar-refractivity contribution in [3.63, 3.8) is 0 Å². The fourth-order valence-corrected chi connectivity index (χ4v) is 2.99. The Morgan fingerprint density at radius 2 is 1.96 bits per heavy atom. The fraction of sp³-hybridized carbons (Fsp3) is 0.316. The topological polar surface area (TPSA) is 50.4 Å². The maximum absolute atomic E-state index is 12.0. The second-order valence-electron chi connectivity index (χ2n) is 5.59. The number of anilines is 1. The van der Waals surface area contributed by atoms with Gasteiger partial charge in [0.05, 0.1) is 12.8 Å². The van der Waals surface area contributed by atoms with E-state index in [9.17, 15) is 4.79 Å². The number of hydrogen-bond acceptors (Lipinski definition) is 3. The Labute approximate surface area is 151 Å². The van der Waals surface area contributed by atoms with Gasteiger partial charge in [-0.25, -0.2) is 0 Å². The van der Waals surface area contributed by atoms with Crippen LogP contribution < -0.4 is 15.4 Å². The van der Waals surface area contributed by atoms with Crippen LogP contribution in [0.25, 0.3) is 0 Å². The molecule has 2 N–H and O–H groups in total. The molecule has 0 saturated carbocycles. The summed E-state index contributed by atoms with van der Waals surface area (Å²) in [5.74, 6) is 0.908. The molecule has 0 fully saturated rings. The molecule has 0 heterocycles. The number of carbonyl (C=O) groups is 1. The van der Waals surface area contributed by atoms with Crippen LogP contribution in [0.1, 0.15) is 17.5 Å². The zero-order chi connectivity index (χ0) is 17.4. The van der Waals surface area contributed by atoms with Gasteiger partial charge in [0, 0.05) is 17.4 Å². The van der Waals surface area contributed by atoms with Crippen molar-refractivity contribution in [2.24, 2.45) is 0 Å². The minimum absolute atomic E-state index is 0.00402. The molecule has 24 heavy (non-hydrogen) atoms. The lowest BCUT2D eigenvalue weighted by Gasteiger charge is -2.10. The predicted octanol–water partition coefficient (Wildman–Crippen LogP) is 3.93. The summed E-state index contributed by atoms with van der Waals surface area (Å²) in [5.41, 5.74) is 3.12. The number of para-hydroxylation sites is 1. The van der Waals surface area contributed by atoms with Crippen LogP contribution in [0.4, 0.5) is 5.69 Å². The lowest BCUT2D eigenvalue weighted by atomic mass is 10.1. The molecule has 4 nitrogen and oxygen atoms in total. The molecule has 0 aliphatic rings. The van der Waals surface area contributed by atoms with Crippen LogP contribution in [0.3, 0.4) is 0 Å². The lowest BCUT2D eigenvalue weighted by molar-refractivity contribution is -0.116. The maximum atomic E-state index is 12.0. The third-order valence-electron chi connectivity index (χ3n) is 3.69. The van der Waals surface area contributed by atoms with Gasteiger partial charge in [0.15, 0.2) is 0 Å². The number of ether oxygens (including phenoxy) is 1. The molecule has 128 valence electrons. The molecule has 0 aromatic heterocycles. The van der Waals surface area contributed by atoms with Crippen LogP contribution >= 0.6 is 15.9 Å². The molecule has 2 aromatic carbocycles. The number of rotatable bonds is 8. The van der Waals surface area contributed by atoms with Crippen LogP contribution in [0.15, 0.2) is 46.9 Å². The Hall–Kier alpha value is -1.85. The van der Waals surface area contributed by atoms with E-state index in [2.05, 4.69) is 32.6 Å². The summed E-state index contributed by atoms with van der Waals surface area (Å²) >= 11 is 3.47. The van der Waals surface area contributed by atoms with E-state index in [4.69, 9.17) is 4.74 Å². The normalized spacial score (nSPS) is 10.5. The molecule has 0 atom stereocenters. The Kier molecular flexibility index (Phi) is 7.28. The Bertz CT molecular complexity index is 689. The van der Waals surface area contributed by atoms with E-state index in [1.54, 1.807) is 7.11 Å². The third kappa shape index (κ3) is 5.65. The average Bonchev–Trinajstić information content (AvgIpc) is 2.57. The molecule has 0 unspecified atom stereocenters. The lowest BCUT2D eigenvalue weighted by Crippen LogP contribution is -2.23. The first-order valence-electron chi connectivity index (χ1n) is 7.99. The summed E-state index contributed by atoms with van der Waals surface area (Å²) in [7, 11) is 1.68. The van der Waals surface area contributed by atoms with Gasteiger partial charge in [0.2, 0.25) is 5.91 Å². The molecular weight excluding hydrogens is 368 g/mol. The highest BCUT2D eigenvalue weighted by Crippen LogP contribution is 2.23. The number of methoxy groups -OCH3 is 1. The first kappa shape index (κ1) is 18.5. The van der Waals surface area contributed by atoms with Gasteiger partial charge in [-0.1, -0.05) is 24.3 Å². The summed E-state index contributed by atoms with van der Waals surface area (Å²) in [6.45, 7) is 3.47. The summed E-state index contributed by atoms with van der Waals surface area (Å²) in [6, 6.07) is 13.9. The molecule has 0 aliphatic heterocycles. The van der Waals surface area contributed by atoms with Crippen molar-refractivity contribution in [2.45, 2.75) is 19.8 Å². The highest BCUT2D eigenvalue weighted by atomic mass is 79.9. The quantitative estimate of drug-likeness (QED) is 0.671. The highest BCUT2D eigenvalue weighted by Gasteiger charge is 2.06. The smallest absolute Gasteiger partial charge is 0.225 e. The third-order valence-corrected chi connectivity index (χ3v) is 4.35. The van der Waals surface area contributed by atoms with Crippen molar-refractivity contribution in [1.29, 1.82) is 0 Å². The Morgan fingerprint density at radius 3 is 2.71 bits per heavy atom. The molecule has 1 amide bonds. The molecule has 0 saturated heterocycles. The van der Waals surface area contributed by atoms with Gasteiger partial charge in [-0.3, -0.25) is 4.79 Å². The van der Waals surface area contributed by atoms with Crippen molar-refractivity contribution >= 4 is 27.5 Å². The van der Waals surface area contributed by atoms with Crippen molar-refractivity contribution in [2.75, 3.05) is 25.5 Å². The van der Waals surface area contributed by atoms with Gasteiger partial charge in [-0.2, -0.15) is 0 Å². The molecule has 0 aliphatic carbocycles. The molecule has 0 radical (unpaired) electrons. The van der Waals surface area contributed by atoms with Crippen molar-refractivity contribution in [3.05, 3.63) is 58.1 Å². The largest absolute Gasteiger partial charge is 0.496 e. The van der Waals surface area contributed by atoms with E-state index < -0.39 is 0 Å². The number of halogens is 1. The second kappa shape index (κ2) is 9.45. The van der Waals surface area contributed by atoms with E-state index in [-0.39, 0.29) is 5.91 Å². The second-order valence-corrected chi connectivity index (χ2v) is 6.45. The molecule has 2 rings (SSSR count). The van der Waals surface area contributed by atoms with Gasteiger partial charge < -0.3 is 15.4 Å². The van der Waals surface area contributed by atoms with Gasteiger partial charge in [0.25, 0.3) is 0 Å². The molecule has 2 aromatic rings. The van der Waals surface area contributed by atoms with E-state index in [1.807, 2.05) is 43.3 Å². The zero-order valence-electron chi connectivity index (χ0n) is 14.1. The van der Waals surface area contributed by atoms with E-state index in [1.165, 1.54) is 5.56 Å². The number of benzene rings is 2. The first-order valence-corrected chi connectivity index (χ1v) is 8.78. The van der Waals surface area contributed by atoms with Crippen molar-refractivity contribution < 1.29 is 9.53 Å². The average molecular weight is 391 g/mol. The number of nitrogens with one attached hydrogen (secondary N) is 2. The minimum atomic E-state index is 0.00402. The molecule has 5 heteroatoms. The monoisotopic (exact) mass is 390 g/mol. The number of hydrogen-bond donors (Lipinski definition) is 2. The van der Waals surface area contributed by atoms with E-state index in [0.29, 0.717) is 13.0 Å². The van der Waals surface area contributed by atoms with Crippen molar-refractivity contribution in [1.82, 2.24) is 5.32 Å². The minimum Gasteiger partial charge on any atom is -0.496 e. The van der Waals surface area contributed by atoms with Gasteiger partial charge in [-0.15, -0.1) is 0 Å². The molecule has 0 bridgehead atoms. The van der Waals surface area contributed by atoms with Gasteiger partial charge in [-0.05, 0) is 65.1 Å². The standard InChI is InChI=1S/C19H23BrN2O2/c1-14-7-8-17(16(20)13-14)22-19(23)10-12-21-11-9-15-5-3-4-6-18(15)24-2/h3-8,13,21H,9-12H2,1-2H3,(H,22,23). The van der Waals surface area contributed by atoms with Crippen LogP contribution in [-0.4, -0.2) is 26.1 Å². The van der Waals surface area contributed by atoms with Crippen LogP contribution in [0, 0.1) is 6.92 Å². The number of amides is 1. The van der Waals surface area contributed by atoms with Crippen molar-refractivity contribution in [3.8, 4) is 5.75 Å². The SMILES string of the molecule is COc1ccccc1CCNCCC(=O)Nc1ccc(C)cc1Br. The highest BCUT2D eigenvalue weighted by molar-refractivity contribution is 9.10. The molecule has 0 spiro atoms. The van der Waals surface area contributed by atoms with E-state index >= 15 is 0 Å². The summed E-state index contributed by atoms with van der Waals surface area (Å²) in [4.78, 5) is 12.0. The first-order chi connectivity index (χ1) is 11.6. The Morgan fingerprint density at radius 1 is 1.17 bits per heavy atom. The zero-order valence-corrected chi connectivity index (χ0v) is 15.7. The fourth-order valence-electron chi connectivity index (χ4n) is 2.39. The van der Waals surface area contributed by atoms with E-state index in [0.717, 1.165) is 34.4 Å². The number of carbonyl (C=O) groups excluding carboxylic acids is 1. The summed E-state index contributed by atoms with van der Waals surface area (Å²) in [5, 5.41) is 6.22. The van der Waals surface area contributed by atoms with Gasteiger partial charge >= 0.3 is 0 Å². The van der Waals surface area contributed by atoms with Crippen LogP contribution in [-0.2, 0) is 11.2 Å². The summed E-state index contributed by atoms with van der Waals surface area (Å²) < 4.78 is 6.23. The Balaban J connectivity index is 1.69. The summed E-state index contributed by atoms with van der Waals surface area (Å²) in [6.07, 6.45) is 1.31. The predicted molar refractivity (Wildman–Crippen MR) is 102 cm³/mol. The van der Waals surface area contributed by atoms with Crippen LogP contribution in [0.5, 0.6) is 5.75 Å². The number of aryl methyl sites for hydroxylation is 1. The molecular formula is C19H23BrN2O2. The van der Waals surface area contributed by atoms with Crippen LogP contribution in [0.2, 0.25) is 0 Å². The maximum Gasteiger partial charge on any atom is 0.225 e.